The molecule has 1 aromatic carbocycles. The number of carbonyl (C=O) groups excluding carboxylic acids is 1. The van der Waals surface area contributed by atoms with Gasteiger partial charge in [-0.25, -0.2) is 9.98 Å². The van der Waals surface area contributed by atoms with Gasteiger partial charge < -0.3 is 23.9 Å². The summed E-state index contributed by atoms with van der Waals surface area (Å²) in [6, 6.07) is 9.61. The lowest BCUT2D eigenvalue weighted by Gasteiger charge is -2.29. The Hall–Kier alpha value is -3.46. The fourth-order valence-corrected chi connectivity index (χ4v) is 6.38. The number of hydrogen-bond donors (Lipinski definition) is 2. The molecule has 3 aromatic rings. The minimum atomic E-state index is -0.241. The molecule has 1 aliphatic carbocycles. The Labute approximate surface area is 215 Å². The van der Waals surface area contributed by atoms with E-state index in [0.29, 0.717) is 28.8 Å². The van der Waals surface area contributed by atoms with E-state index in [1.54, 1.807) is 0 Å². The van der Waals surface area contributed by atoms with E-state index in [2.05, 4.69) is 32.7 Å². The lowest BCUT2D eigenvalue weighted by molar-refractivity contribution is -0.133. The highest BCUT2D eigenvalue weighted by Gasteiger charge is 2.56. The van der Waals surface area contributed by atoms with Crippen molar-refractivity contribution in [2.24, 2.45) is 10.4 Å². The third-order valence-electron chi connectivity index (χ3n) is 5.62. The lowest BCUT2D eigenvalue weighted by Crippen LogP contribution is -2.29. The second kappa shape index (κ2) is 11.1. The fourth-order valence-electron chi connectivity index (χ4n) is 3.54. The second-order valence-electron chi connectivity index (χ2n) is 7.95. The molecule has 0 saturated heterocycles. The molecule has 9 nitrogen and oxygen atoms in total. The second-order valence-corrected chi connectivity index (χ2v) is 10.3. The number of benzene rings is 1. The monoisotopic (exact) mass is 526 g/mol. The first-order chi connectivity index (χ1) is 17.5. The molecule has 1 saturated carbocycles. The van der Waals surface area contributed by atoms with Gasteiger partial charge in [0.1, 0.15) is 16.8 Å². The molecule has 2 aliphatic heterocycles. The molecule has 0 radical (unpaired) electrons. The summed E-state index contributed by atoms with van der Waals surface area (Å²) in [4.78, 5) is 19.2. The number of rotatable bonds is 4. The van der Waals surface area contributed by atoms with Crippen LogP contribution in [0.3, 0.4) is 0 Å². The van der Waals surface area contributed by atoms with Gasteiger partial charge in [-0.2, -0.15) is 0 Å². The van der Waals surface area contributed by atoms with Crippen molar-refractivity contribution in [2.45, 2.75) is 32.8 Å². The summed E-state index contributed by atoms with van der Waals surface area (Å²) in [6.07, 6.45) is 2.25. The zero-order chi connectivity index (χ0) is 25.7. The van der Waals surface area contributed by atoms with E-state index in [-0.39, 0.29) is 22.3 Å². The number of aliphatic imine (C=N–C) groups is 1. The third kappa shape index (κ3) is 5.21. The van der Waals surface area contributed by atoms with E-state index in [4.69, 9.17) is 23.5 Å². The summed E-state index contributed by atoms with van der Waals surface area (Å²) in [5.74, 6) is 7.41. The van der Waals surface area contributed by atoms with Crippen LogP contribution in [-0.2, 0) is 9.53 Å². The first kappa shape index (κ1) is 25.6. The molecule has 0 bridgehead atoms. The number of fused-ring (bicyclic) bond motifs is 3. The molecule has 36 heavy (non-hydrogen) atoms. The van der Waals surface area contributed by atoms with Crippen molar-refractivity contribution in [1.29, 1.82) is 0 Å². The van der Waals surface area contributed by atoms with Crippen LogP contribution in [-0.4, -0.2) is 46.3 Å². The van der Waals surface area contributed by atoms with E-state index < -0.39 is 0 Å². The Balaban J connectivity index is 0.000000199. The van der Waals surface area contributed by atoms with E-state index in [0.717, 1.165) is 23.4 Å². The van der Waals surface area contributed by atoms with Crippen LogP contribution in [0.5, 0.6) is 5.06 Å². The predicted molar refractivity (Wildman–Crippen MR) is 142 cm³/mol. The maximum absolute atomic E-state index is 9.97. The Morgan fingerprint density at radius 1 is 1.28 bits per heavy atom. The summed E-state index contributed by atoms with van der Waals surface area (Å²) >= 11 is 1.43. The van der Waals surface area contributed by atoms with Gasteiger partial charge in [-0.15, -0.1) is 0 Å². The Morgan fingerprint density at radius 2 is 2.03 bits per heavy atom. The van der Waals surface area contributed by atoms with Crippen molar-refractivity contribution in [3.8, 4) is 16.9 Å². The highest BCUT2D eigenvalue weighted by Crippen LogP contribution is 2.61. The largest absolute Gasteiger partial charge is 0.460 e. The number of nitrogens with zero attached hydrogens (tertiary/aromatic N) is 3. The molecule has 2 aromatic heterocycles. The van der Waals surface area contributed by atoms with Crippen LogP contribution in [0.1, 0.15) is 47.9 Å². The standard InChI is InChI=1S/C15H12N4O2S2.C9H10O2.CH4O/c1-8-11(16-2)9(19-20-8)3-4-10-17-12-13(22-10)21-23-7-15(5-6-15)14(23)18-12;1-8(11-7-10)9-5-3-2-4-6-9;1-2/h7,16H,5-6H2,1-2H3;2-8H,1H3;2H,1H3. The molecule has 1 fully saturated rings. The summed E-state index contributed by atoms with van der Waals surface area (Å²) in [5.41, 5.74) is 2.65. The molecular weight excluding hydrogens is 500 g/mol. The molecular formula is C25H26N4O5S2. The van der Waals surface area contributed by atoms with Crippen LogP contribution < -0.4 is 9.50 Å². The Kier molecular flexibility index (Phi) is 7.88. The average molecular weight is 527 g/mol. The molecule has 1 spiro atoms. The summed E-state index contributed by atoms with van der Waals surface area (Å²) < 4.78 is 15.9. The zero-order valence-electron chi connectivity index (χ0n) is 20.3. The van der Waals surface area contributed by atoms with Crippen LogP contribution in [0, 0.1) is 24.2 Å². The molecule has 3 aliphatic rings. The topological polar surface area (TPSA) is 119 Å². The van der Waals surface area contributed by atoms with Crippen molar-refractivity contribution in [1.82, 2.24) is 10.1 Å². The highest BCUT2D eigenvalue weighted by molar-refractivity contribution is 8.27. The third-order valence-corrected chi connectivity index (χ3v) is 8.45. The van der Waals surface area contributed by atoms with Crippen LogP contribution in [0.25, 0.3) is 0 Å². The Morgan fingerprint density at radius 3 is 2.69 bits per heavy atom. The van der Waals surface area contributed by atoms with Crippen LogP contribution in [0.4, 0.5) is 11.5 Å². The quantitative estimate of drug-likeness (QED) is 0.287. The first-order valence-corrected chi connectivity index (χ1v) is 13.2. The van der Waals surface area contributed by atoms with E-state index in [1.165, 1.54) is 29.2 Å². The predicted octanol–water partition coefficient (Wildman–Crippen LogP) is 4.61. The van der Waals surface area contributed by atoms with Crippen molar-refractivity contribution in [3.05, 3.63) is 52.4 Å². The van der Waals surface area contributed by atoms with E-state index in [1.807, 2.05) is 51.2 Å². The SMILES string of the molecule is CC(OC=O)c1ccccc1.CNc1c(C#Cc2nc3c(s2)OS2=CC4(CC4)C2=N3)noc1C.CO. The number of hydrogen-bond acceptors (Lipinski definition) is 10. The minimum Gasteiger partial charge on any atom is -0.460 e. The van der Waals surface area contributed by atoms with Gasteiger partial charge in [0.2, 0.25) is 10.9 Å². The molecule has 2 atom stereocenters. The average Bonchev–Trinajstić information content (AvgIpc) is 3.50. The molecule has 11 heteroatoms. The van der Waals surface area contributed by atoms with Crippen LogP contribution in [0.2, 0.25) is 0 Å². The summed E-state index contributed by atoms with van der Waals surface area (Å²) in [6.45, 7) is 4.15. The van der Waals surface area contributed by atoms with Crippen molar-refractivity contribution >= 4 is 50.5 Å². The zero-order valence-corrected chi connectivity index (χ0v) is 21.9. The van der Waals surface area contributed by atoms with E-state index >= 15 is 0 Å². The first-order valence-electron chi connectivity index (χ1n) is 11.2. The van der Waals surface area contributed by atoms with Crippen molar-refractivity contribution in [2.75, 3.05) is 19.5 Å². The molecule has 2 N–H and O–H groups in total. The maximum atomic E-state index is 9.97. The van der Waals surface area contributed by atoms with Crippen molar-refractivity contribution < 1.29 is 23.3 Å². The van der Waals surface area contributed by atoms with Gasteiger partial charge in [-0.05, 0) is 49.5 Å². The summed E-state index contributed by atoms with van der Waals surface area (Å²) in [5, 5.41) is 18.9. The van der Waals surface area contributed by atoms with Crippen LogP contribution in [0.15, 0.2) is 39.8 Å². The fraction of sp³-hybridized carbons (Fsp3) is 0.320. The van der Waals surface area contributed by atoms with Gasteiger partial charge in [0.05, 0.1) is 0 Å². The molecule has 188 valence electrons. The van der Waals surface area contributed by atoms with Gasteiger partial charge in [-0.1, -0.05) is 46.8 Å². The molecule has 0 amide bonds. The number of nitrogens with one attached hydrogen (secondary N) is 1. The lowest BCUT2D eigenvalue weighted by atomic mass is 10.1. The van der Waals surface area contributed by atoms with Gasteiger partial charge >= 0.3 is 0 Å². The number of carbonyl (C=O) groups is 1. The molecule has 6 rings (SSSR count). The number of aliphatic hydroxyl groups excluding tert-OH is 1. The summed E-state index contributed by atoms with van der Waals surface area (Å²) in [7, 11) is 2.58. The highest BCUT2D eigenvalue weighted by atomic mass is 32.2. The number of thiazole rings is 1. The van der Waals surface area contributed by atoms with Crippen molar-refractivity contribution in [3.63, 3.8) is 0 Å². The molecule has 2 unspecified atom stereocenters. The molecule has 4 heterocycles. The normalized spacial score (nSPS) is 17.7. The number of ether oxygens (including phenoxy) is 1. The number of aliphatic hydroxyl groups is 1. The van der Waals surface area contributed by atoms with Gasteiger partial charge in [-0.3, -0.25) is 4.79 Å². The number of anilines is 1. The minimum absolute atomic E-state index is 0.145. The van der Waals surface area contributed by atoms with Crippen LogP contribution >= 0.6 is 22.1 Å². The number of aromatic nitrogens is 2. The van der Waals surface area contributed by atoms with Gasteiger partial charge in [0, 0.05) is 30.3 Å². The maximum Gasteiger partial charge on any atom is 0.293 e. The Bertz CT molecular complexity index is 1360. The van der Waals surface area contributed by atoms with Gasteiger partial charge in [0.25, 0.3) is 6.47 Å². The van der Waals surface area contributed by atoms with Gasteiger partial charge in [0.15, 0.2) is 16.5 Å². The smallest absolute Gasteiger partial charge is 0.293 e. The van der Waals surface area contributed by atoms with E-state index in [9.17, 15) is 4.79 Å². The number of aryl methyl sites for hydroxylation is 1.